The topological polar surface area (TPSA) is 83.8 Å². The summed E-state index contributed by atoms with van der Waals surface area (Å²) in [5, 5.41) is 2.83. The lowest BCUT2D eigenvalue weighted by atomic mass is 9.94. The monoisotopic (exact) mass is 238 g/mol. The number of aromatic nitrogens is 2. The second-order valence-corrected chi connectivity index (χ2v) is 4.75. The number of nitrogens with one attached hydrogen (secondary N) is 2. The van der Waals surface area contributed by atoms with E-state index in [1.807, 2.05) is 0 Å². The van der Waals surface area contributed by atoms with Gasteiger partial charge in [0.1, 0.15) is 5.82 Å². The molecule has 17 heavy (non-hydrogen) atoms. The Kier molecular flexibility index (Phi) is 5.69. The second-order valence-electron chi connectivity index (χ2n) is 4.75. The van der Waals surface area contributed by atoms with Crippen LogP contribution in [0.25, 0.3) is 0 Å². The van der Waals surface area contributed by atoms with Crippen molar-refractivity contribution >= 4 is 5.91 Å². The molecule has 1 unspecified atom stereocenters. The van der Waals surface area contributed by atoms with Crippen LogP contribution in [0.2, 0.25) is 0 Å². The molecule has 0 spiro atoms. The van der Waals surface area contributed by atoms with E-state index in [1.165, 1.54) is 0 Å². The maximum atomic E-state index is 11.7. The molecule has 1 aromatic heterocycles. The Labute approximate surface area is 102 Å². The number of nitrogens with zero attached hydrogens (tertiary/aromatic N) is 1. The molecule has 0 fully saturated rings. The molecule has 5 nitrogen and oxygen atoms in total. The highest BCUT2D eigenvalue weighted by Gasteiger charge is 2.13. The minimum absolute atomic E-state index is 0.0394. The molecule has 0 saturated carbocycles. The summed E-state index contributed by atoms with van der Waals surface area (Å²) in [4.78, 5) is 18.7. The van der Waals surface area contributed by atoms with Gasteiger partial charge in [-0.1, -0.05) is 13.8 Å². The lowest BCUT2D eigenvalue weighted by Crippen LogP contribution is -2.28. The smallest absolute Gasteiger partial charge is 0.220 e. The molecule has 1 amide bonds. The van der Waals surface area contributed by atoms with E-state index in [1.54, 1.807) is 12.4 Å². The van der Waals surface area contributed by atoms with Gasteiger partial charge >= 0.3 is 0 Å². The molecule has 0 aromatic carbocycles. The zero-order valence-corrected chi connectivity index (χ0v) is 10.6. The summed E-state index contributed by atoms with van der Waals surface area (Å²) in [6.45, 7) is 5.30. The van der Waals surface area contributed by atoms with E-state index in [2.05, 4.69) is 29.1 Å². The SMILES string of the molecule is CC(C)CC(CN)CC(=O)NCc1ncc[nH]1. The lowest BCUT2D eigenvalue weighted by Gasteiger charge is -2.16. The number of H-pyrrole nitrogens is 1. The molecular weight excluding hydrogens is 216 g/mol. The molecule has 0 aliphatic heterocycles. The first-order valence-corrected chi connectivity index (χ1v) is 6.06. The number of imidazole rings is 1. The summed E-state index contributed by atoms with van der Waals surface area (Å²) in [5.74, 6) is 1.65. The van der Waals surface area contributed by atoms with Gasteiger partial charge in [0.05, 0.1) is 6.54 Å². The molecule has 0 bridgehead atoms. The van der Waals surface area contributed by atoms with Gasteiger partial charge in [0.15, 0.2) is 0 Å². The lowest BCUT2D eigenvalue weighted by molar-refractivity contribution is -0.122. The van der Waals surface area contributed by atoms with Crippen LogP contribution in [0, 0.1) is 11.8 Å². The fourth-order valence-corrected chi connectivity index (χ4v) is 1.84. The molecule has 1 atom stereocenters. The van der Waals surface area contributed by atoms with E-state index in [9.17, 15) is 4.79 Å². The number of carbonyl (C=O) groups is 1. The number of nitrogens with two attached hydrogens (primary N) is 1. The van der Waals surface area contributed by atoms with Crippen LogP contribution in [-0.2, 0) is 11.3 Å². The van der Waals surface area contributed by atoms with E-state index in [4.69, 9.17) is 5.73 Å². The van der Waals surface area contributed by atoms with Crippen LogP contribution >= 0.6 is 0 Å². The predicted molar refractivity (Wildman–Crippen MR) is 67.1 cm³/mol. The summed E-state index contributed by atoms with van der Waals surface area (Å²) in [6, 6.07) is 0. The Bertz CT molecular complexity index is 321. The van der Waals surface area contributed by atoms with Crippen LogP contribution in [0.4, 0.5) is 0 Å². The molecular formula is C12H22N4O. The largest absolute Gasteiger partial charge is 0.349 e. The van der Waals surface area contributed by atoms with Gasteiger partial charge < -0.3 is 16.0 Å². The molecule has 0 radical (unpaired) electrons. The first kappa shape index (κ1) is 13.7. The van der Waals surface area contributed by atoms with Gasteiger partial charge in [0.25, 0.3) is 0 Å². The van der Waals surface area contributed by atoms with Crippen molar-refractivity contribution in [2.24, 2.45) is 17.6 Å². The van der Waals surface area contributed by atoms with Gasteiger partial charge in [-0.3, -0.25) is 4.79 Å². The van der Waals surface area contributed by atoms with Crippen molar-refractivity contribution in [1.29, 1.82) is 0 Å². The number of hydrogen-bond acceptors (Lipinski definition) is 3. The Morgan fingerprint density at radius 2 is 2.35 bits per heavy atom. The Morgan fingerprint density at radius 3 is 2.88 bits per heavy atom. The minimum Gasteiger partial charge on any atom is -0.349 e. The third kappa shape index (κ3) is 5.49. The van der Waals surface area contributed by atoms with Crippen molar-refractivity contribution in [3.05, 3.63) is 18.2 Å². The van der Waals surface area contributed by atoms with Crippen molar-refractivity contribution in [3.8, 4) is 0 Å². The van der Waals surface area contributed by atoms with E-state index < -0.39 is 0 Å². The Hall–Kier alpha value is -1.36. The van der Waals surface area contributed by atoms with Crippen LogP contribution < -0.4 is 11.1 Å². The highest BCUT2D eigenvalue weighted by atomic mass is 16.1. The van der Waals surface area contributed by atoms with Gasteiger partial charge in [-0.15, -0.1) is 0 Å². The summed E-state index contributed by atoms with van der Waals surface area (Å²) in [5.41, 5.74) is 5.66. The molecule has 1 aromatic rings. The van der Waals surface area contributed by atoms with E-state index in [-0.39, 0.29) is 11.8 Å². The summed E-state index contributed by atoms with van der Waals surface area (Å²) in [6.07, 6.45) is 4.89. The number of amides is 1. The molecule has 0 aliphatic carbocycles. The van der Waals surface area contributed by atoms with Gasteiger partial charge in [0, 0.05) is 18.8 Å². The fraction of sp³-hybridized carbons (Fsp3) is 0.667. The minimum atomic E-state index is 0.0394. The van der Waals surface area contributed by atoms with Gasteiger partial charge in [-0.25, -0.2) is 4.98 Å². The molecule has 1 heterocycles. The maximum Gasteiger partial charge on any atom is 0.220 e. The molecule has 0 aliphatic rings. The molecule has 1 rings (SSSR count). The predicted octanol–water partition coefficient (Wildman–Crippen LogP) is 1.04. The fourth-order valence-electron chi connectivity index (χ4n) is 1.84. The van der Waals surface area contributed by atoms with Crippen LogP contribution in [0.3, 0.4) is 0 Å². The highest BCUT2D eigenvalue weighted by Crippen LogP contribution is 2.13. The van der Waals surface area contributed by atoms with Crippen LogP contribution in [-0.4, -0.2) is 22.4 Å². The van der Waals surface area contributed by atoms with Crippen molar-refractivity contribution < 1.29 is 4.79 Å². The maximum absolute atomic E-state index is 11.7. The van der Waals surface area contributed by atoms with E-state index in [0.29, 0.717) is 25.4 Å². The average molecular weight is 238 g/mol. The average Bonchev–Trinajstić information content (AvgIpc) is 2.77. The molecule has 4 N–H and O–H groups in total. The van der Waals surface area contributed by atoms with Crippen molar-refractivity contribution in [2.45, 2.75) is 33.2 Å². The van der Waals surface area contributed by atoms with Crippen LogP contribution in [0.1, 0.15) is 32.5 Å². The van der Waals surface area contributed by atoms with Crippen LogP contribution in [0.5, 0.6) is 0 Å². The zero-order chi connectivity index (χ0) is 12.7. The van der Waals surface area contributed by atoms with E-state index >= 15 is 0 Å². The summed E-state index contributed by atoms with van der Waals surface area (Å²) >= 11 is 0. The van der Waals surface area contributed by atoms with Gasteiger partial charge in [-0.05, 0) is 24.8 Å². The molecule has 0 saturated heterocycles. The number of carbonyl (C=O) groups excluding carboxylic acids is 1. The molecule has 5 heteroatoms. The van der Waals surface area contributed by atoms with Gasteiger partial charge in [-0.2, -0.15) is 0 Å². The van der Waals surface area contributed by atoms with Crippen molar-refractivity contribution in [1.82, 2.24) is 15.3 Å². The normalized spacial score (nSPS) is 12.7. The zero-order valence-electron chi connectivity index (χ0n) is 10.6. The third-order valence-electron chi connectivity index (χ3n) is 2.62. The Morgan fingerprint density at radius 1 is 1.59 bits per heavy atom. The number of aromatic amines is 1. The summed E-state index contributed by atoms with van der Waals surface area (Å²) in [7, 11) is 0. The second kappa shape index (κ2) is 7.06. The van der Waals surface area contributed by atoms with Crippen LogP contribution in [0.15, 0.2) is 12.4 Å². The quantitative estimate of drug-likeness (QED) is 0.663. The van der Waals surface area contributed by atoms with Gasteiger partial charge in [0.2, 0.25) is 5.91 Å². The molecule has 96 valence electrons. The van der Waals surface area contributed by atoms with Crippen molar-refractivity contribution in [3.63, 3.8) is 0 Å². The summed E-state index contributed by atoms with van der Waals surface area (Å²) < 4.78 is 0. The highest BCUT2D eigenvalue weighted by molar-refractivity contribution is 5.76. The Balaban J connectivity index is 2.27. The number of hydrogen-bond donors (Lipinski definition) is 3. The van der Waals surface area contributed by atoms with E-state index in [0.717, 1.165) is 12.2 Å². The first-order chi connectivity index (χ1) is 8.11. The first-order valence-electron chi connectivity index (χ1n) is 6.06. The van der Waals surface area contributed by atoms with Crippen molar-refractivity contribution in [2.75, 3.05) is 6.54 Å². The number of rotatable bonds is 7. The standard InChI is InChI=1S/C12H22N4O/c1-9(2)5-10(7-13)6-12(17)16-8-11-14-3-4-15-11/h3-4,9-10H,5-8,13H2,1-2H3,(H,14,15)(H,16,17). The third-order valence-corrected chi connectivity index (χ3v) is 2.62.